The molecule has 2 fully saturated rings. The third-order valence-electron chi connectivity index (χ3n) is 5.72. The van der Waals surface area contributed by atoms with E-state index in [9.17, 15) is 19.7 Å². The summed E-state index contributed by atoms with van der Waals surface area (Å²) in [4.78, 5) is 44.8. The van der Waals surface area contributed by atoms with E-state index in [0.29, 0.717) is 22.0 Å². The van der Waals surface area contributed by atoms with Crippen LogP contribution in [0.25, 0.3) is 0 Å². The van der Waals surface area contributed by atoms with Crippen molar-refractivity contribution in [1.82, 2.24) is 0 Å². The van der Waals surface area contributed by atoms with Gasteiger partial charge in [-0.1, -0.05) is 47.5 Å². The molecule has 0 aromatic heterocycles. The number of nitrogens with zero attached hydrogens (tertiary/aromatic N) is 3. The van der Waals surface area contributed by atoms with Crippen LogP contribution in [0.5, 0.6) is 0 Å². The molecule has 166 valence electrons. The Bertz CT molecular complexity index is 1270. The fourth-order valence-electron chi connectivity index (χ4n) is 4.25. The van der Waals surface area contributed by atoms with Crippen molar-refractivity contribution < 1.29 is 19.3 Å². The fourth-order valence-corrected chi connectivity index (χ4v) is 4.56. The monoisotopic (exact) mass is 483 g/mol. The summed E-state index contributed by atoms with van der Waals surface area (Å²) in [5, 5.41) is 13.4. The minimum atomic E-state index is -1.09. The number of amides is 2. The molecular formula is C23H15Cl2N3O5. The van der Waals surface area contributed by atoms with Gasteiger partial charge in [0.25, 0.3) is 11.6 Å². The minimum Gasteiger partial charge on any atom is -0.273 e. The van der Waals surface area contributed by atoms with Crippen LogP contribution in [-0.2, 0) is 14.4 Å². The number of nitro groups is 1. The summed E-state index contributed by atoms with van der Waals surface area (Å²) in [5.74, 6) is -1.90. The number of imide groups is 1. The second kappa shape index (κ2) is 8.15. The third kappa shape index (κ3) is 3.52. The predicted molar refractivity (Wildman–Crippen MR) is 122 cm³/mol. The van der Waals surface area contributed by atoms with Gasteiger partial charge < -0.3 is 0 Å². The smallest absolute Gasteiger partial charge is 0.273 e. The van der Waals surface area contributed by atoms with Gasteiger partial charge in [-0.05, 0) is 48.0 Å². The average Bonchev–Trinajstić information content (AvgIpc) is 3.31. The Morgan fingerprint density at radius 3 is 2.24 bits per heavy atom. The van der Waals surface area contributed by atoms with Crippen LogP contribution >= 0.6 is 23.2 Å². The maximum absolute atomic E-state index is 13.5. The van der Waals surface area contributed by atoms with E-state index in [2.05, 4.69) is 0 Å². The van der Waals surface area contributed by atoms with Crippen LogP contribution in [0.2, 0.25) is 10.0 Å². The van der Waals surface area contributed by atoms with Crippen molar-refractivity contribution in [2.24, 2.45) is 5.92 Å². The summed E-state index contributed by atoms with van der Waals surface area (Å²) < 4.78 is 0. The largest absolute Gasteiger partial charge is 0.288 e. The molecule has 2 aliphatic heterocycles. The zero-order chi connectivity index (χ0) is 23.3. The zero-order valence-corrected chi connectivity index (χ0v) is 18.3. The summed E-state index contributed by atoms with van der Waals surface area (Å²) in [6, 6.07) is 18.8. The molecular weight excluding hydrogens is 469 g/mol. The van der Waals surface area contributed by atoms with Crippen molar-refractivity contribution in [3.8, 4) is 0 Å². The lowest BCUT2D eigenvalue weighted by molar-refractivity contribution is -0.384. The van der Waals surface area contributed by atoms with Crippen LogP contribution in [0.3, 0.4) is 0 Å². The van der Waals surface area contributed by atoms with E-state index in [0.717, 1.165) is 4.90 Å². The molecule has 0 radical (unpaired) electrons. The van der Waals surface area contributed by atoms with Crippen molar-refractivity contribution in [1.29, 1.82) is 0 Å². The summed E-state index contributed by atoms with van der Waals surface area (Å²) in [5.41, 5.74) is 1.12. The number of hydrogen-bond donors (Lipinski definition) is 0. The number of hydrogen-bond acceptors (Lipinski definition) is 6. The highest BCUT2D eigenvalue weighted by atomic mass is 35.5. The molecule has 10 heteroatoms. The molecule has 0 saturated carbocycles. The Morgan fingerprint density at radius 1 is 0.879 bits per heavy atom. The van der Waals surface area contributed by atoms with Gasteiger partial charge in [-0.2, -0.15) is 0 Å². The number of para-hydroxylation sites is 1. The van der Waals surface area contributed by atoms with E-state index >= 15 is 0 Å². The quantitative estimate of drug-likeness (QED) is 0.296. The molecule has 2 aliphatic rings. The first-order valence-corrected chi connectivity index (χ1v) is 10.7. The number of carbonyl (C=O) groups excluding carboxylic acids is 2. The maximum Gasteiger partial charge on any atom is 0.288 e. The maximum atomic E-state index is 13.5. The molecule has 0 spiro atoms. The molecule has 2 saturated heterocycles. The molecule has 3 atom stereocenters. The minimum absolute atomic E-state index is 0.0258. The second-order valence-corrected chi connectivity index (χ2v) is 8.46. The topological polar surface area (TPSA) is 93.0 Å². The molecule has 0 N–H and O–H groups in total. The highest BCUT2D eigenvalue weighted by Crippen LogP contribution is 2.48. The standard InChI is InChI=1S/C23H15Cl2N3O5/c24-14-7-9-15(10-8-14)26-22(29)19-20(13-6-11-17(25)18(12-13)28(31)32)27(33-21(19)23(26)30)16-4-2-1-3-5-16/h1-12,19-21H. The third-order valence-corrected chi connectivity index (χ3v) is 6.29. The van der Waals surface area contributed by atoms with Gasteiger partial charge in [0.05, 0.1) is 22.3 Å². The SMILES string of the molecule is O=C1C2ON(c3ccccc3)C(c3ccc(Cl)c([N+](=O)[O-])c3)C2C(=O)N1c1ccc(Cl)cc1. The van der Waals surface area contributed by atoms with E-state index in [4.69, 9.17) is 28.0 Å². The number of rotatable bonds is 4. The van der Waals surface area contributed by atoms with Crippen LogP contribution in [0.1, 0.15) is 11.6 Å². The fraction of sp³-hybridized carbons (Fsp3) is 0.130. The molecule has 2 amide bonds. The predicted octanol–water partition coefficient (Wildman–Crippen LogP) is 4.95. The van der Waals surface area contributed by atoms with Gasteiger partial charge in [0.15, 0.2) is 6.10 Å². The number of anilines is 2. The highest BCUT2D eigenvalue weighted by Gasteiger charge is 2.60. The number of nitro benzene ring substituents is 1. The Morgan fingerprint density at radius 2 is 1.58 bits per heavy atom. The Labute approximate surface area is 198 Å². The van der Waals surface area contributed by atoms with Crippen molar-refractivity contribution in [3.63, 3.8) is 0 Å². The first kappa shape index (κ1) is 21.4. The molecule has 3 aromatic rings. The van der Waals surface area contributed by atoms with Crippen molar-refractivity contribution in [2.75, 3.05) is 9.96 Å². The second-order valence-electron chi connectivity index (χ2n) is 7.61. The van der Waals surface area contributed by atoms with Crippen LogP contribution in [0.4, 0.5) is 17.1 Å². The average molecular weight is 484 g/mol. The number of halogens is 2. The number of hydroxylamine groups is 1. The Hall–Kier alpha value is -3.46. The van der Waals surface area contributed by atoms with E-state index in [1.807, 2.05) is 6.07 Å². The van der Waals surface area contributed by atoms with E-state index in [1.54, 1.807) is 54.6 Å². The highest BCUT2D eigenvalue weighted by molar-refractivity contribution is 6.32. The van der Waals surface area contributed by atoms with Crippen LogP contribution < -0.4 is 9.96 Å². The van der Waals surface area contributed by atoms with Crippen molar-refractivity contribution in [2.45, 2.75) is 12.1 Å². The summed E-state index contributed by atoms with van der Waals surface area (Å²) in [7, 11) is 0. The lowest BCUT2D eigenvalue weighted by Gasteiger charge is -2.28. The lowest BCUT2D eigenvalue weighted by Crippen LogP contribution is -2.37. The molecule has 0 bridgehead atoms. The zero-order valence-electron chi connectivity index (χ0n) is 16.8. The molecule has 8 nitrogen and oxygen atoms in total. The molecule has 2 heterocycles. The molecule has 3 unspecified atom stereocenters. The van der Waals surface area contributed by atoms with E-state index in [-0.39, 0.29) is 10.7 Å². The summed E-state index contributed by atoms with van der Waals surface area (Å²) in [6.45, 7) is 0. The number of benzene rings is 3. The van der Waals surface area contributed by atoms with Crippen LogP contribution in [0.15, 0.2) is 72.8 Å². The van der Waals surface area contributed by atoms with E-state index < -0.39 is 34.8 Å². The van der Waals surface area contributed by atoms with Crippen molar-refractivity contribution >= 4 is 52.1 Å². The summed E-state index contributed by atoms with van der Waals surface area (Å²) >= 11 is 11.9. The van der Waals surface area contributed by atoms with Crippen molar-refractivity contribution in [3.05, 3.63) is 98.5 Å². The van der Waals surface area contributed by atoms with Crippen LogP contribution in [-0.4, -0.2) is 22.8 Å². The number of carbonyl (C=O) groups is 2. The first-order valence-electron chi connectivity index (χ1n) is 9.95. The first-order chi connectivity index (χ1) is 15.9. The normalized spacial score (nSPS) is 22.1. The Balaban J connectivity index is 1.61. The van der Waals surface area contributed by atoms with Gasteiger partial charge in [-0.25, -0.2) is 9.96 Å². The molecule has 5 rings (SSSR count). The molecule has 33 heavy (non-hydrogen) atoms. The Kier molecular flexibility index (Phi) is 5.28. The van der Waals surface area contributed by atoms with Gasteiger partial charge in [0, 0.05) is 11.1 Å². The molecule has 3 aromatic carbocycles. The summed E-state index contributed by atoms with van der Waals surface area (Å²) in [6.07, 6.45) is -1.09. The van der Waals surface area contributed by atoms with Gasteiger partial charge in [-0.3, -0.25) is 24.5 Å². The van der Waals surface area contributed by atoms with Gasteiger partial charge in [0.1, 0.15) is 10.9 Å². The van der Waals surface area contributed by atoms with E-state index in [1.165, 1.54) is 17.2 Å². The van der Waals surface area contributed by atoms with Gasteiger partial charge >= 0.3 is 0 Å². The lowest BCUT2D eigenvalue weighted by atomic mass is 9.90. The number of fused-ring (bicyclic) bond motifs is 1. The van der Waals surface area contributed by atoms with Crippen LogP contribution in [0, 0.1) is 16.0 Å². The van der Waals surface area contributed by atoms with Gasteiger partial charge in [-0.15, -0.1) is 0 Å². The molecule has 0 aliphatic carbocycles. The van der Waals surface area contributed by atoms with Gasteiger partial charge in [0.2, 0.25) is 5.91 Å².